The van der Waals surface area contributed by atoms with E-state index in [1.165, 1.54) is 102 Å². The maximum absolute atomic E-state index is 12.5. The minimum atomic E-state index is -4.36. The number of aliphatic hydroxyl groups excluding tert-OH is 1. The molecular formula is C42H75NO5S. The fourth-order valence-electron chi connectivity index (χ4n) is 5.64. The van der Waals surface area contributed by atoms with E-state index in [0.29, 0.717) is 6.42 Å². The maximum Gasteiger partial charge on any atom is 0.267 e. The first-order valence-electron chi connectivity index (χ1n) is 20.0. The lowest BCUT2D eigenvalue weighted by Gasteiger charge is -2.21. The number of allylic oxidation sites excluding steroid dienone is 9. The molecule has 0 saturated carbocycles. The molecular weight excluding hydrogens is 631 g/mol. The lowest BCUT2D eigenvalue weighted by molar-refractivity contribution is -0.122. The van der Waals surface area contributed by atoms with E-state index >= 15 is 0 Å². The number of amides is 1. The number of carbonyl (C=O) groups is 1. The van der Waals surface area contributed by atoms with Gasteiger partial charge in [-0.25, -0.2) is 0 Å². The Kier molecular flexibility index (Phi) is 34.4. The van der Waals surface area contributed by atoms with Crippen molar-refractivity contribution in [2.45, 2.75) is 193 Å². The van der Waals surface area contributed by atoms with E-state index in [1.54, 1.807) is 6.08 Å². The van der Waals surface area contributed by atoms with Crippen molar-refractivity contribution in [3.63, 3.8) is 0 Å². The maximum atomic E-state index is 12.5. The Balaban J connectivity index is 3.89. The summed E-state index contributed by atoms with van der Waals surface area (Å²) in [5, 5.41) is 13.1. The van der Waals surface area contributed by atoms with E-state index in [1.807, 2.05) is 0 Å². The van der Waals surface area contributed by atoms with Crippen LogP contribution in [0.1, 0.15) is 181 Å². The van der Waals surface area contributed by atoms with Crippen LogP contribution >= 0.6 is 0 Å². The van der Waals surface area contributed by atoms with Crippen LogP contribution in [0.5, 0.6) is 0 Å². The Hall–Kier alpha value is -1.96. The Morgan fingerprint density at radius 3 is 1.47 bits per heavy atom. The highest BCUT2D eigenvalue weighted by atomic mass is 32.2. The zero-order valence-corrected chi connectivity index (χ0v) is 32.4. The van der Waals surface area contributed by atoms with Gasteiger partial charge >= 0.3 is 0 Å². The highest BCUT2D eigenvalue weighted by Crippen LogP contribution is 2.13. The molecule has 0 aromatic carbocycles. The van der Waals surface area contributed by atoms with Gasteiger partial charge in [0.2, 0.25) is 5.91 Å². The number of hydrogen-bond donors (Lipinski definition) is 3. The number of carbonyl (C=O) groups excluding carboxylic acids is 1. The molecule has 0 bridgehead atoms. The average molecular weight is 706 g/mol. The third-order valence-corrected chi connectivity index (χ3v) is 9.41. The molecule has 6 nitrogen and oxygen atoms in total. The van der Waals surface area contributed by atoms with Gasteiger partial charge < -0.3 is 10.4 Å². The lowest BCUT2D eigenvalue weighted by Crippen LogP contribution is -2.46. The molecule has 0 aliphatic heterocycles. The SMILES string of the molecule is CCC/C=C/CC/C=C/CC/C=C/C(O)C(CS(=O)(=O)O)NC(=O)CCCCCCCCCCCCC/C=C\C/C=C\CCCCCCC. The molecule has 2 unspecified atom stereocenters. The van der Waals surface area contributed by atoms with Crippen molar-refractivity contribution in [3.05, 3.63) is 60.8 Å². The van der Waals surface area contributed by atoms with Gasteiger partial charge in [-0.2, -0.15) is 8.42 Å². The van der Waals surface area contributed by atoms with Crippen LogP contribution in [0, 0.1) is 0 Å². The van der Waals surface area contributed by atoms with Gasteiger partial charge in [0, 0.05) is 6.42 Å². The fourth-order valence-corrected chi connectivity index (χ4v) is 6.37. The lowest BCUT2D eigenvalue weighted by atomic mass is 10.0. The summed E-state index contributed by atoms with van der Waals surface area (Å²) in [4.78, 5) is 12.5. The number of rotatable bonds is 35. The van der Waals surface area contributed by atoms with E-state index < -0.39 is 28.0 Å². The van der Waals surface area contributed by atoms with Crippen LogP contribution < -0.4 is 5.32 Å². The minimum absolute atomic E-state index is 0.280. The van der Waals surface area contributed by atoms with Gasteiger partial charge in [-0.1, -0.05) is 164 Å². The van der Waals surface area contributed by atoms with Crippen LogP contribution in [0.4, 0.5) is 0 Å². The zero-order chi connectivity index (χ0) is 36.1. The molecule has 1 amide bonds. The summed E-state index contributed by atoms with van der Waals surface area (Å²) in [5.41, 5.74) is 0. The highest BCUT2D eigenvalue weighted by Gasteiger charge is 2.24. The molecule has 0 aromatic heterocycles. The second-order valence-corrected chi connectivity index (χ2v) is 15.0. The van der Waals surface area contributed by atoms with Gasteiger partial charge in [-0.05, 0) is 70.6 Å². The van der Waals surface area contributed by atoms with E-state index in [2.05, 4.69) is 67.8 Å². The van der Waals surface area contributed by atoms with Crippen LogP contribution in [-0.4, -0.2) is 41.9 Å². The average Bonchev–Trinajstić information content (AvgIpc) is 3.06. The van der Waals surface area contributed by atoms with Crippen LogP contribution in [0.3, 0.4) is 0 Å². The van der Waals surface area contributed by atoms with Gasteiger partial charge in [0.1, 0.15) is 0 Å². The molecule has 0 heterocycles. The van der Waals surface area contributed by atoms with E-state index in [4.69, 9.17) is 0 Å². The van der Waals surface area contributed by atoms with Crippen molar-refractivity contribution in [3.8, 4) is 0 Å². The Morgan fingerprint density at radius 2 is 0.980 bits per heavy atom. The molecule has 0 radical (unpaired) electrons. The number of hydrogen-bond acceptors (Lipinski definition) is 4. The minimum Gasteiger partial charge on any atom is -0.387 e. The Morgan fingerprint density at radius 1 is 0.551 bits per heavy atom. The molecule has 3 N–H and O–H groups in total. The monoisotopic (exact) mass is 706 g/mol. The topological polar surface area (TPSA) is 104 Å². The zero-order valence-electron chi connectivity index (χ0n) is 31.5. The first kappa shape index (κ1) is 47.0. The van der Waals surface area contributed by atoms with Crippen molar-refractivity contribution in [1.29, 1.82) is 0 Å². The quantitative estimate of drug-likeness (QED) is 0.0346. The summed E-state index contributed by atoms with van der Waals surface area (Å²) in [7, 11) is -4.36. The van der Waals surface area contributed by atoms with Gasteiger partial charge in [0.15, 0.2) is 0 Å². The molecule has 0 aliphatic carbocycles. The van der Waals surface area contributed by atoms with Crippen LogP contribution in [0.15, 0.2) is 60.8 Å². The second-order valence-electron chi connectivity index (χ2n) is 13.5. The third kappa shape index (κ3) is 37.1. The summed E-state index contributed by atoms with van der Waals surface area (Å²) in [5.74, 6) is -1.02. The number of aliphatic hydroxyl groups is 1. The van der Waals surface area contributed by atoms with Gasteiger partial charge in [-0.15, -0.1) is 0 Å². The Bertz CT molecular complexity index is 999. The first-order valence-corrected chi connectivity index (χ1v) is 21.6. The molecule has 49 heavy (non-hydrogen) atoms. The van der Waals surface area contributed by atoms with Crippen molar-refractivity contribution in [2.24, 2.45) is 0 Å². The van der Waals surface area contributed by atoms with E-state index in [9.17, 15) is 22.9 Å². The van der Waals surface area contributed by atoms with Crippen molar-refractivity contribution < 1.29 is 22.9 Å². The molecule has 0 aliphatic rings. The molecule has 0 aromatic rings. The summed E-state index contributed by atoms with van der Waals surface area (Å²) in [6.07, 6.45) is 49.3. The van der Waals surface area contributed by atoms with Crippen molar-refractivity contribution >= 4 is 16.0 Å². The number of nitrogens with one attached hydrogen (secondary N) is 1. The molecule has 0 spiro atoms. The predicted octanol–water partition coefficient (Wildman–Crippen LogP) is 11.7. The molecule has 0 fully saturated rings. The van der Waals surface area contributed by atoms with Crippen molar-refractivity contribution in [2.75, 3.05) is 5.75 Å². The van der Waals surface area contributed by atoms with Crippen molar-refractivity contribution in [1.82, 2.24) is 5.32 Å². The normalized spacial score (nSPS) is 14.0. The van der Waals surface area contributed by atoms with Gasteiger partial charge in [0.25, 0.3) is 10.1 Å². The largest absolute Gasteiger partial charge is 0.387 e. The summed E-state index contributed by atoms with van der Waals surface area (Å²) in [6, 6.07) is -1.08. The van der Waals surface area contributed by atoms with Gasteiger partial charge in [0.05, 0.1) is 17.9 Å². The molecule has 7 heteroatoms. The van der Waals surface area contributed by atoms with Crippen LogP contribution in [0.25, 0.3) is 0 Å². The fraction of sp³-hybridized carbons (Fsp3) is 0.738. The second kappa shape index (κ2) is 35.9. The van der Waals surface area contributed by atoms with Gasteiger partial charge in [-0.3, -0.25) is 9.35 Å². The molecule has 284 valence electrons. The van der Waals surface area contributed by atoms with E-state index in [-0.39, 0.29) is 12.3 Å². The predicted molar refractivity (Wildman–Crippen MR) is 211 cm³/mol. The van der Waals surface area contributed by atoms with Crippen LogP contribution in [0.2, 0.25) is 0 Å². The molecule has 0 rings (SSSR count). The summed E-state index contributed by atoms with van der Waals surface area (Å²) < 4.78 is 32.4. The third-order valence-electron chi connectivity index (χ3n) is 8.63. The van der Waals surface area contributed by atoms with Crippen LogP contribution in [-0.2, 0) is 14.9 Å². The first-order chi connectivity index (χ1) is 23.8. The standard InChI is InChI=1S/C42H75NO5S/c1-3-5-7-9-11-13-15-16-17-18-19-20-21-22-23-24-25-26-28-30-32-34-36-38-42(45)43-40(39-49(46,47)48)41(44)37-35-33-31-29-27-14-12-10-8-6-4-2/h8,10,15-16,18-19,27,29,35,37,40-41,44H,3-7,9,11-14,17,20-26,28,30-34,36,38-39H2,1-2H3,(H,43,45)(H,46,47,48)/b10-8+,16-15-,19-18-,29-27+,37-35+. The Labute approximate surface area is 302 Å². The van der Waals surface area contributed by atoms with E-state index in [0.717, 1.165) is 57.8 Å². The summed E-state index contributed by atoms with van der Waals surface area (Å²) >= 11 is 0. The summed E-state index contributed by atoms with van der Waals surface area (Å²) in [6.45, 7) is 4.42. The smallest absolute Gasteiger partial charge is 0.267 e. The number of unbranched alkanes of at least 4 members (excludes halogenated alkanes) is 19. The molecule has 2 atom stereocenters. The molecule has 0 saturated heterocycles. The highest BCUT2D eigenvalue weighted by molar-refractivity contribution is 7.85.